The molecule has 1 aliphatic carbocycles. The van der Waals surface area contributed by atoms with Crippen LogP contribution >= 0.6 is 0 Å². The number of aryl methyl sites for hydroxylation is 1. The molecule has 2 aromatic carbocycles. The van der Waals surface area contributed by atoms with Crippen molar-refractivity contribution in [3.8, 4) is 5.75 Å². The van der Waals surface area contributed by atoms with Gasteiger partial charge in [0.25, 0.3) is 5.91 Å². The Balaban J connectivity index is 1.55. The number of methoxy groups -OCH3 is 1. The summed E-state index contributed by atoms with van der Waals surface area (Å²) in [5.74, 6) is -0.334. The van der Waals surface area contributed by atoms with Gasteiger partial charge in [0.15, 0.2) is 0 Å². The monoisotopic (exact) mass is 379 g/mol. The molecule has 1 spiro atoms. The highest BCUT2D eigenvalue weighted by Crippen LogP contribution is 2.39. The summed E-state index contributed by atoms with van der Waals surface area (Å²) in [7, 11) is 1.51. The Kier molecular flexibility index (Phi) is 4.50. The number of hydrogen-bond donors (Lipinski definition) is 2. The Bertz CT molecular complexity index is 958. The lowest BCUT2D eigenvalue weighted by Crippen LogP contribution is -2.47. The fourth-order valence-electron chi connectivity index (χ4n) is 4.04. The average Bonchev–Trinajstić information content (AvgIpc) is 2.93. The molecule has 0 bridgehead atoms. The molecule has 0 saturated carbocycles. The minimum absolute atomic E-state index is 0.355. The molecule has 4 amide bonds. The molecule has 7 heteroatoms. The maximum absolute atomic E-state index is 13.2. The first kappa shape index (κ1) is 18.0. The number of amides is 4. The van der Waals surface area contributed by atoms with E-state index in [1.165, 1.54) is 7.11 Å². The number of benzene rings is 2. The van der Waals surface area contributed by atoms with E-state index in [2.05, 4.69) is 10.6 Å². The zero-order valence-corrected chi connectivity index (χ0v) is 15.5. The zero-order chi connectivity index (χ0) is 19.7. The van der Waals surface area contributed by atoms with Crippen molar-refractivity contribution in [3.05, 3.63) is 59.7 Å². The molecule has 144 valence electrons. The molecule has 2 aliphatic rings. The first-order valence-corrected chi connectivity index (χ1v) is 9.20. The van der Waals surface area contributed by atoms with Gasteiger partial charge in [0, 0.05) is 0 Å². The third-order valence-electron chi connectivity index (χ3n) is 5.33. The topological polar surface area (TPSA) is 87.7 Å². The Morgan fingerprint density at radius 2 is 1.93 bits per heavy atom. The van der Waals surface area contributed by atoms with Gasteiger partial charge in [-0.1, -0.05) is 36.4 Å². The quantitative estimate of drug-likeness (QED) is 0.799. The fourth-order valence-corrected chi connectivity index (χ4v) is 4.04. The smallest absolute Gasteiger partial charge is 0.325 e. The predicted molar refractivity (Wildman–Crippen MR) is 103 cm³/mol. The highest BCUT2D eigenvalue weighted by molar-refractivity contribution is 6.10. The van der Waals surface area contributed by atoms with E-state index in [0.717, 1.165) is 28.9 Å². The lowest BCUT2D eigenvalue weighted by Gasteiger charge is -2.33. The van der Waals surface area contributed by atoms with Crippen LogP contribution < -0.4 is 15.4 Å². The van der Waals surface area contributed by atoms with Crippen molar-refractivity contribution in [2.45, 2.75) is 24.8 Å². The molecular formula is C21H21N3O4. The molecule has 4 rings (SSSR count). The molecule has 7 nitrogen and oxygen atoms in total. The zero-order valence-electron chi connectivity index (χ0n) is 15.5. The largest absolute Gasteiger partial charge is 0.495 e. The van der Waals surface area contributed by atoms with Crippen molar-refractivity contribution in [2.75, 3.05) is 19.0 Å². The average molecular weight is 379 g/mol. The van der Waals surface area contributed by atoms with Gasteiger partial charge in [-0.25, -0.2) is 4.79 Å². The van der Waals surface area contributed by atoms with Gasteiger partial charge in [0.2, 0.25) is 5.91 Å². The van der Waals surface area contributed by atoms with Crippen molar-refractivity contribution in [1.82, 2.24) is 10.2 Å². The van der Waals surface area contributed by atoms with Crippen LogP contribution in [0.4, 0.5) is 10.5 Å². The molecule has 1 aliphatic heterocycles. The lowest BCUT2D eigenvalue weighted by atomic mass is 9.76. The van der Waals surface area contributed by atoms with Crippen LogP contribution in [-0.2, 0) is 21.5 Å². The van der Waals surface area contributed by atoms with Crippen LogP contribution in [0.3, 0.4) is 0 Å². The summed E-state index contributed by atoms with van der Waals surface area (Å²) in [5.41, 5.74) is 1.30. The second kappa shape index (κ2) is 6.99. The SMILES string of the molecule is COc1ccccc1NC(=O)CN1C(=O)NC2(CCCc3ccccc32)C1=O. The molecule has 1 fully saturated rings. The number of hydrogen-bond acceptors (Lipinski definition) is 4. The van der Waals surface area contributed by atoms with Crippen molar-refractivity contribution in [2.24, 2.45) is 0 Å². The Hall–Kier alpha value is -3.35. The van der Waals surface area contributed by atoms with Crippen LogP contribution in [0.2, 0.25) is 0 Å². The molecule has 1 unspecified atom stereocenters. The van der Waals surface area contributed by atoms with Gasteiger partial charge in [0.05, 0.1) is 12.8 Å². The molecule has 0 radical (unpaired) electrons. The van der Waals surface area contributed by atoms with Crippen LogP contribution in [0.5, 0.6) is 5.75 Å². The number of ether oxygens (including phenoxy) is 1. The Morgan fingerprint density at radius 1 is 1.18 bits per heavy atom. The second-order valence-electron chi connectivity index (χ2n) is 6.99. The molecule has 2 N–H and O–H groups in total. The maximum atomic E-state index is 13.2. The number of imide groups is 1. The number of para-hydroxylation sites is 2. The third-order valence-corrected chi connectivity index (χ3v) is 5.33. The standard InChI is InChI=1S/C21H21N3O4/c1-28-17-11-5-4-10-16(17)22-18(25)13-24-19(26)21(23-20(24)27)12-6-8-14-7-2-3-9-15(14)21/h2-5,7,9-11H,6,8,12-13H2,1H3,(H,22,25)(H,23,27). The summed E-state index contributed by atoms with van der Waals surface area (Å²) in [6.07, 6.45) is 2.19. The molecule has 0 aromatic heterocycles. The highest BCUT2D eigenvalue weighted by atomic mass is 16.5. The summed E-state index contributed by atoms with van der Waals surface area (Å²) in [4.78, 5) is 39.3. The van der Waals surface area contributed by atoms with Crippen molar-refractivity contribution < 1.29 is 19.1 Å². The van der Waals surface area contributed by atoms with Gasteiger partial charge < -0.3 is 15.4 Å². The molecule has 2 aromatic rings. The van der Waals surface area contributed by atoms with Gasteiger partial charge in [0.1, 0.15) is 17.8 Å². The predicted octanol–water partition coefficient (Wildman–Crippen LogP) is 2.42. The molecule has 28 heavy (non-hydrogen) atoms. The van der Waals surface area contributed by atoms with Gasteiger partial charge >= 0.3 is 6.03 Å². The summed E-state index contributed by atoms with van der Waals surface area (Å²) in [6.45, 7) is -0.355. The normalized spacial score (nSPS) is 20.7. The van der Waals surface area contributed by atoms with E-state index in [9.17, 15) is 14.4 Å². The summed E-state index contributed by atoms with van der Waals surface area (Å²) in [5, 5.41) is 5.55. The summed E-state index contributed by atoms with van der Waals surface area (Å²) in [6, 6.07) is 14.1. The van der Waals surface area contributed by atoms with Crippen LogP contribution in [0.25, 0.3) is 0 Å². The van der Waals surface area contributed by atoms with E-state index in [1.807, 2.05) is 24.3 Å². The second-order valence-corrected chi connectivity index (χ2v) is 6.99. The molecule has 1 saturated heterocycles. The fraction of sp³-hybridized carbons (Fsp3) is 0.286. The van der Waals surface area contributed by atoms with Crippen LogP contribution in [-0.4, -0.2) is 36.4 Å². The molecule has 1 heterocycles. The van der Waals surface area contributed by atoms with E-state index in [4.69, 9.17) is 4.74 Å². The first-order valence-electron chi connectivity index (χ1n) is 9.20. The van der Waals surface area contributed by atoms with Crippen LogP contribution in [0, 0.1) is 0 Å². The number of nitrogens with zero attached hydrogens (tertiary/aromatic N) is 1. The molecular weight excluding hydrogens is 358 g/mol. The lowest BCUT2D eigenvalue weighted by molar-refractivity contribution is -0.134. The van der Waals surface area contributed by atoms with Crippen molar-refractivity contribution >= 4 is 23.5 Å². The van der Waals surface area contributed by atoms with E-state index in [0.29, 0.717) is 17.9 Å². The Morgan fingerprint density at radius 3 is 2.75 bits per heavy atom. The number of anilines is 1. The van der Waals surface area contributed by atoms with Gasteiger partial charge in [-0.05, 0) is 42.5 Å². The summed E-state index contributed by atoms with van der Waals surface area (Å²) >= 11 is 0. The van der Waals surface area contributed by atoms with E-state index in [1.54, 1.807) is 24.3 Å². The minimum Gasteiger partial charge on any atom is -0.495 e. The van der Waals surface area contributed by atoms with Gasteiger partial charge in [-0.15, -0.1) is 0 Å². The minimum atomic E-state index is -1.07. The summed E-state index contributed by atoms with van der Waals surface area (Å²) < 4.78 is 5.21. The number of fused-ring (bicyclic) bond motifs is 2. The van der Waals surface area contributed by atoms with Gasteiger partial charge in [-0.2, -0.15) is 0 Å². The van der Waals surface area contributed by atoms with Crippen LogP contribution in [0.1, 0.15) is 24.0 Å². The number of carbonyl (C=O) groups excluding carboxylic acids is 3. The van der Waals surface area contributed by atoms with Crippen molar-refractivity contribution in [3.63, 3.8) is 0 Å². The van der Waals surface area contributed by atoms with E-state index in [-0.39, 0.29) is 12.5 Å². The highest BCUT2D eigenvalue weighted by Gasteiger charge is 2.54. The molecule has 1 atom stereocenters. The third kappa shape index (κ3) is 2.89. The van der Waals surface area contributed by atoms with Crippen LogP contribution in [0.15, 0.2) is 48.5 Å². The maximum Gasteiger partial charge on any atom is 0.325 e. The first-order chi connectivity index (χ1) is 13.5. The van der Waals surface area contributed by atoms with E-state index >= 15 is 0 Å². The van der Waals surface area contributed by atoms with E-state index < -0.39 is 17.5 Å². The number of nitrogens with one attached hydrogen (secondary N) is 2. The number of rotatable bonds is 4. The van der Waals surface area contributed by atoms with Crippen molar-refractivity contribution in [1.29, 1.82) is 0 Å². The Labute approximate surface area is 162 Å². The number of urea groups is 1. The van der Waals surface area contributed by atoms with Gasteiger partial charge in [-0.3, -0.25) is 14.5 Å². The number of carbonyl (C=O) groups is 3.